The van der Waals surface area contributed by atoms with Crippen LogP contribution in [0.25, 0.3) is 0 Å². The number of halogens is 1. The molecule has 0 spiro atoms. The Balaban J connectivity index is 1.45. The number of thiophene rings is 1. The van der Waals surface area contributed by atoms with E-state index in [0.29, 0.717) is 26.8 Å². The molecule has 2 N–H and O–H groups in total. The zero-order chi connectivity index (χ0) is 20.9. The summed E-state index contributed by atoms with van der Waals surface area (Å²) in [6.07, 6.45) is 4.79. The van der Waals surface area contributed by atoms with Crippen molar-refractivity contribution in [1.29, 1.82) is 0 Å². The summed E-state index contributed by atoms with van der Waals surface area (Å²) in [5.41, 5.74) is 1.43. The molecule has 1 heterocycles. The zero-order valence-electron chi connectivity index (χ0n) is 16.2. The molecule has 2 amide bonds. The smallest absolute Gasteiger partial charge is 0.265 e. The van der Waals surface area contributed by atoms with Crippen molar-refractivity contribution in [2.24, 2.45) is 0 Å². The Morgan fingerprint density at radius 3 is 2.57 bits per heavy atom. The summed E-state index contributed by atoms with van der Waals surface area (Å²) in [5.74, 6) is 0.192. The lowest BCUT2D eigenvalue weighted by Gasteiger charge is -2.14. The number of hydrogen-bond donors (Lipinski definition) is 2. The maximum Gasteiger partial charge on any atom is 0.265 e. The molecule has 0 unspecified atom stereocenters. The Bertz CT molecular complexity index is 1050. The van der Waals surface area contributed by atoms with Gasteiger partial charge in [0.2, 0.25) is 0 Å². The normalized spacial score (nSPS) is 13.8. The van der Waals surface area contributed by atoms with Gasteiger partial charge >= 0.3 is 0 Å². The largest absolute Gasteiger partial charge is 0.490 e. The van der Waals surface area contributed by atoms with Crippen LogP contribution in [0.2, 0.25) is 5.02 Å². The molecular formula is C23H21ClN2O3S. The van der Waals surface area contributed by atoms with Gasteiger partial charge in [-0.25, -0.2) is 0 Å². The van der Waals surface area contributed by atoms with Crippen molar-refractivity contribution in [3.05, 3.63) is 75.4 Å². The van der Waals surface area contributed by atoms with Gasteiger partial charge in [0.05, 0.1) is 21.7 Å². The molecule has 0 atom stereocenters. The van der Waals surface area contributed by atoms with E-state index in [1.54, 1.807) is 30.3 Å². The number of hydrogen-bond acceptors (Lipinski definition) is 4. The summed E-state index contributed by atoms with van der Waals surface area (Å²) in [4.78, 5) is 25.6. The van der Waals surface area contributed by atoms with Crippen LogP contribution >= 0.6 is 22.9 Å². The van der Waals surface area contributed by atoms with Crippen molar-refractivity contribution in [2.75, 3.05) is 10.6 Å². The molecule has 1 aliphatic carbocycles. The van der Waals surface area contributed by atoms with Crippen LogP contribution in [0.1, 0.15) is 45.7 Å². The van der Waals surface area contributed by atoms with Gasteiger partial charge in [-0.3, -0.25) is 9.59 Å². The minimum atomic E-state index is -0.295. The van der Waals surface area contributed by atoms with Gasteiger partial charge in [-0.2, -0.15) is 0 Å². The quantitative estimate of drug-likeness (QED) is 0.477. The van der Waals surface area contributed by atoms with Gasteiger partial charge in [-0.05, 0) is 67.5 Å². The number of carbonyl (C=O) groups excluding carboxylic acids is 2. The first kappa shape index (κ1) is 20.4. The number of ether oxygens (including phenoxy) is 1. The predicted molar refractivity (Wildman–Crippen MR) is 121 cm³/mol. The lowest BCUT2D eigenvalue weighted by atomic mass is 10.1. The number of rotatable bonds is 6. The van der Waals surface area contributed by atoms with Gasteiger partial charge in [0.25, 0.3) is 11.8 Å². The summed E-state index contributed by atoms with van der Waals surface area (Å²) < 4.78 is 6.00. The van der Waals surface area contributed by atoms with Crippen molar-refractivity contribution < 1.29 is 14.3 Å². The van der Waals surface area contributed by atoms with E-state index in [4.69, 9.17) is 16.3 Å². The second kappa shape index (κ2) is 9.32. The Morgan fingerprint density at radius 2 is 1.80 bits per heavy atom. The van der Waals surface area contributed by atoms with Gasteiger partial charge in [0.1, 0.15) is 5.75 Å². The van der Waals surface area contributed by atoms with Crippen LogP contribution in [0.15, 0.2) is 60.0 Å². The number of nitrogens with one attached hydrogen (secondary N) is 2. The maximum absolute atomic E-state index is 12.7. The second-order valence-corrected chi connectivity index (χ2v) is 8.49. The van der Waals surface area contributed by atoms with Crippen LogP contribution in [0.3, 0.4) is 0 Å². The van der Waals surface area contributed by atoms with E-state index in [2.05, 4.69) is 10.6 Å². The van der Waals surface area contributed by atoms with Crippen molar-refractivity contribution in [3.8, 4) is 5.75 Å². The zero-order valence-corrected chi connectivity index (χ0v) is 17.8. The van der Waals surface area contributed by atoms with E-state index in [-0.39, 0.29) is 17.9 Å². The second-order valence-electron chi connectivity index (χ2n) is 7.13. The van der Waals surface area contributed by atoms with Crippen LogP contribution in [0.5, 0.6) is 5.75 Å². The first-order valence-corrected chi connectivity index (χ1v) is 11.1. The van der Waals surface area contributed by atoms with Crippen molar-refractivity contribution >= 4 is 46.1 Å². The molecule has 7 heteroatoms. The average molecular weight is 441 g/mol. The topological polar surface area (TPSA) is 67.4 Å². The number of amides is 2. The molecule has 0 bridgehead atoms. The molecule has 2 aromatic carbocycles. The third-order valence-corrected chi connectivity index (χ3v) is 6.12. The molecule has 5 nitrogen and oxygen atoms in total. The molecule has 3 aromatic rings. The summed E-state index contributed by atoms with van der Waals surface area (Å²) in [6.45, 7) is 0. The van der Waals surface area contributed by atoms with Gasteiger partial charge in [0.15, 0.2) is 0 Å². The lowest BCUT2D eigenvalue weighted by Crippen LogP contribution is -2.15. The van der Waals surface area contributed by atoms with E-state index >= 15 is 0 Å². The maximum atomic E-state index is 12.7. The summed E-state index contributed by atoms with van der Waals surface area (Å²) >= 11 is 7.54. The van der Waals surface area contributed by atoms with Gasteiger partial charge in [-0.15, -0.1) is 11.3 Å². The molecule has 0 radical (unpaired) electrons. The summed E-state index contributed by atoms with van der Waals surface area (Å²) in [6, 6.07) is 15.7. The van der Waals surface area contributed by atoms with Crippen LogP contribution in [0.4, 0.5) is 11.4 Å². The number of carbonyl (C=O) groups is 2. The van der Waals surface area contributed by atoms with Crippen molar-refractivity contribution in [3.63, 3.8) is 0 Å². The SMILES string of the molecule is O=C(Nc1cccc(OC2CCCC2)c1)c1ccc(Cl)c(NC(=O)c2cccs2)c1. The third-order valence-electron chi connectivity index (χ3n) is 4.92. The molecule has 0 saturated heterocycles. The van der Waals surface area contributed by atoms with E-state index < -0.39 is 0 Å². The van der Waals surface area contributed by atoms with Gasteiger partial charge in [-0.1, -0.05) is 23.7 Å². The minimum absolute atomic E-state index is 0.252. The van der Waals surface area contributed by atoms with Crippen molar-refractivity contribution in [1.82, 2.24) is 0 Å². The molecular weight excluding hydrogens is 420 g/mol. The number of anilines is 2. The molecule has 30 heavy (non-hydrogen) atoms. The lowest BCUT2D eigenvalue weighted by molar-refractivity contribution is 0.101. The third kappa shape index (κ3) is 5.01. The molecule has 4 rings (SSSR count). The standard InChI is InChI=1S/C23H21ClN2O3S/c24-19-11-10-15(13-20(19)26-23(28)21-9-4-12-30-21)22(27)25-16-5-3-8-18(14-16)29-17-6-1-2-7-17/h3-5,8-14,17H,1-2,6-7H2,(H,25,27)(H,26,28). The van der Waals surface area contributed by atoms with Crippen LogP contribution in [-0.4, -0.2) is 17.9 Å². The first-order chi connectivity index (χ1) is 14.6. The first-order valence-electron chi connectivity index (χ1n) is 9.81. The highest BCUT2D eigenvalue weighted by atomic mass is 35.5. The molecule has 1 aliphatic rings. The monoisotopic (exact) mass is 440 g/mol. The Labute approximate surface area is 184 Å². The van der Waals surface area contributed by atoms with E-state index in [1.807, 2.05) is 29.6 Å². The van der Waals surface area contributed by atoms with Gasteiger partial charge < -0.3 is 15.4 Å². The Kier molecular flexibility index (Phi) is 6.35. The summed E-state index contributed by atoms with van der Waals surface area (Å²) in [7, 11) is 0. The van der Waals surface area contributed by atoms with E-state index in [1.165, 1.54) is 24.2 Å². The van der Waals surface area contributed by atoms with E-state index in [9.17, 15) is 9.59 Å². The fourth-order valence-corrected chi connectivity index (χ4v) is 4.19. The fourth-order valence-electron chi connectivity index (χ4n) is 3.40. The minimum Gasteiger partial charge on any atom is -0.490 e. The van der Waals surface area contributed by atoms with Crippen LogP contribution in [-0.2, 0) is 0 Å². The van der Waals surface area contributed by atoms with Crippen LogP contribution < -0.4 is 15.4 Å². The Hall–Kier alpha value is -2.83. The van der Waals surface area contributed by atoms with Gasteiger partial charge in [0, 0.05) is 17.3 Å². The highest BCUT2D eigenvalue weighted by Gasteiger charge is 2.17. The predicted octanol–water partition coefficient (Wildman–Crippen LogP) is 6.23. The van der Waals surface area contributed by atoms with Crippen molar-refractivity contribution in [2.45, 2.75) is 31.8 Å². The Morgan fingerprint density at radius 1 is 0.967 bits per heavy atom. The molecule has 1 saturated carbocycles. The average Bonchev–Trinajstić information content (AvgIpc) is 3.44. The van der Waals surface area contributed by atoms with Crippen LogP contribution in [0, 0.1) is 0 Å². The molecule has 154 valence electrons. The molecule has 1 fully saturated rings. The van der Waals surface area contributed by atoms with E-state index in [0.717, 1.165) is 18.6 Å². The molecule has 0 aliphatic heterocycles. The highest BCUT2D eigenvalue weighted by molar-refractivity contribution is 7.12. The fraction of sp³-hybridized carbons (Fsp3) is 0.217. The highest BCUT2D eigenvalue weighted by Crippen LogP contribution is 2.27. The summed E-state index contributed by atoms with van der Waals surface area (Å²) in [5, 5.41) is 7.83. The number of benzene rings is 2. The molecule has 1 aromatic heterocycles.